The van der Waals surface area contributed by atoms with E-state index in [9.17, 15) is 0 Å². The number of nitriles is 1. The number of nitrogens with zero attached hydrogens (tertiary/aromatic N) is 1. The van der Waals surface area contributed by atoms with Gasteiger partial charge in [-0.2, -0.15) is 5.26 Å². The number of hydrogen-bond donors (Lipinski definition) is 1. The summed E-state index contributed by atoms with van der Waals surface area (Å²) in [5.41, 5.74) is 0. The van der Waals surface area contributed by atoms with Crippen LogP contribution in [-0.4, -0.2) is 12.6 Å². The van der Waals surface area contributed by atoms with E-state index in [0.717, 1.165) is 11.8 Å². The molecule has 0 amide bonds. The number of rotatable bonds is 2. The monoisotopic (exact) mass is 166 g/mol. The lowest BCUT2D eigenvalue weighted by atomic mass is 9.80. The minimum atomic E-state index is 0.503. The van der Waals surface area contributed by atoms with E-state index >= 15 is 0 Å². The van der Waals surface area contributed by atoms with E-state index < -0.39 is 0 Å². The second-order valence-corrected chi connectivity index (χ2v) is 4.04. The molecule has 0 spiro atoms. The minimum Gasteiger partial charge on any atom is -0.301 e. The Bertz CT molecular complexity index is 171. The summed E-state index contributed by atoms with van der Waals surface area (Å²) in [5.74, 6) is 1.61. The van der Waals surface area contributed by atoms with Crippen LogP contribution in [0.15, 0.2) is 0 Å². The van der Waals surface area contributed by atoms with Gasteiger partial charge in [0.05, 0.1) is 12.6 Å². The Balaban J connectivity index is 2.30. The first-order chi connectivity index (χ1) is 5.74. The molecule has 2 heteroatoms. The molecule has 0 aliphatic heterocycles. The van der Waals surface area contributed by atoms with Gasteiger partial charge in [-0.05, 0) is 31.1 Å². The van der Waals surface area contributed by atoms with Crippen LogP contribution in [0.25, 0.3) is 0 Å². The molecule has 1 aliphatic rings. The summed E-state index contributed by atoms with van der Waals surface area (Å²) in [5, 5.41) is 11.7. The molecule has 3 unspecified atom stereocenters. The molecule has 3 atom stereocenters. The fraction of sp³-hybridized carbons (Fsp3) is 0.900. The SMILES string of the molecule is CC1CCC(NCC#N)C(C)C1. The van der Waals surface area contributed by atoms with E-state index in [1.807, 2.05) is 0 Å². The van der Waals surface area contributed by atoms with E-state index in [0.29, 0.717) is 12.6 Å². The lowest BCUT2D eigenvalue weighted by Crippen LogP contribution is -2.39. The molecule has 2 nitrogen and oxygen atoms in total. The first kappa shape index (κ1) is 9.54. The molecule has 0 heterocycles. The summed E-state index contributed by atoms with van der Waals surface area (Å²) in [7, 11) is 0. The van der Waals surface area contributed by atoms with E-state index in [-0.39, 0.29) is 0 Å². The average Bonchev–Trinajstić information content (AvgIpc) is 2.03. The second-order valence-electron chi connectivity index (χ2n) is 4.04. The van der Waals surface area contributed by atoms with E-state index in [2.05, 4.69) is 25.2 Å². The molecule has 0 aromatic carbocycles. The smallest absolute Gasteiger partial charge is 0.0843 e. The second kappa shape index (κ2) is 4.47. The number of nitrogens with one attached hydrogen (secondary N) is 1. The third-order valence-electron chi connectivity index (χ3n) is 2.87. The maximum Gasteiger partial charge on any atom is 0.0843 e. The third kappa shape index (κ3) is 2.49. The normalized spacial score (nSPS) is 35.9. The quantitative estimate of drug-likeness (QED) is 0.636. The Morgan fingerprint density at radius 3 is 2.75 bits per heavy atom. The third-order valence-corrected chi connectivity index (χ3v) is 2.87. The van der Waals surface area contributed by atoms with Crippen LogP contribution in [0.1, 0.15) is 33.1 Å². The van der Waals surface area contributed by atoms with Crippen LogP contribution >= 0.6 is 0 Å². The van der Waals surface area contributed by atoms with Gasteiger partial charge >= 0.3 is 0 Å². The van der Waals surface area contributed by atoms with Crippen molar-refractivity contribution in [3.63, 3.8) is 0 Å². The van der Waals surface area contributed by atoms with Gasteiger partial charge in [0, 0.05) is 6.04 Å². The molecule has 0 radical (unpaired) electrons. The Labute approximate surface area is 75.0 Å². The highest BCUT2D eigenvalue weighted by Crippen LogP contribution is 2.28. The lowest BCUT2D eigenvalue weighted by Gasteiger charge is -2.32. The molecule has 0 aromatic heterocycles. The van der Waals surface area contributed by atoms with Crippen molar-refractivity contribution < 1.29 is 0 Å². The van der Waals surface area contributed by atoms with Gasteiger partial charge in [0.25, 0.3) is 0 Å². The Morgan fingerprint density at radius 2 is 2.17 bits per heavy atom. The molecular weight excluding hydrogens is 148 g/mol. The predicted octanol–water partition coefficient (Wildman–Crippen LogP) is 1.92. The molecule has 1 rings (SSSR count). The summed E-state index contributed by atoms with van der Waals surface area (Å²) < 4.78 is 0. The molecule has 1 aliphatic carbocycles. The van der Waals surface area contributed by atoms with Crippen LogP contribution < -0.4 is 5.32 Å². The van der Waals surface area contributed by atoms with Crippen LogP contribution in [0.3, 0.4) is 0 Å². The van der Waals surface area contributed by atoms with Crippen molar-refractivity contribution in [1.82, 2.24) is 5.32 Å². The molecule has 0 bridgehead atoms. The van der Waals surface area contributed by atoms with Gasteiger partial charge in [-0.1, -0.05) is 13.8 Å². The molecule has 0 aromatic rings. The van der Waals surface area contributed by atoms with Gasteiger partial charge < -0.3 is 5.32 Å². The van der Waals surface area contributed by atoms with Crippen molar-refractivity contribution in [2.45, 2.75) is 39.2 Å². The van der Waals surface area contributed by atoms with Gasteiger partial charge in [-0.15, -0.1) is 0 Å². The summed E-state index contributed by atoms with van der Waals surface area (Å²) in [6.07, 6.45) is 3.86. The van der Waals surface area contributed by atoms with Gasteiger partial charge in [0.1, 0.15) is 0 Å². The van der Waals surface area contributed by atoms with Crippen molar-refractivity contribution in [1.29, 1.82) is 5.26 Å². The largest absolute Gasteiger partial charge is 0.301 e. The Kier molecular flexibility index (Phi) is 3.55. The summed E-state index contributed by atoms with van der Waals surface area (Å²) >= 11 is 0. The standard InChI is InChI=1S/C10H18N2/c1-8-3-4-10(9(2)7-8)12-6-5-11/h8-10,12H,3-4,6-7H2,1-2H3. The highest BCUT2D eigenvalue weighted by Gasteiger charge is 2.24. The van der Waals surface area contributed by atoms with Crippen molar-refractivity contribution in [2.24, 2.45) is 11.8 Å². The first-order valence-electron chi connectivity index (χ1n) is 4.84. The predicted molar refractivity (Wildman–Crippen MR) is 49.6 cm³/mol. The maximum absolute atomic E-state index is 8.42. The van der Waals surface area contributed by atoms with Crippen molar-refractivity contribution in [2.75, 3.05) is 6.54 Å². The molecule has 0 saturated heterocycles. The highest BCUT2D eigenvalue weighted by atomic mass is 14.9. The Morgan fingerprint density at radius 1 is 1.42 bits per heavy atom. The average molecular weight is 166 g/mol. The fourth-order valence-electron chi connectivity index (χ4n) is 2.15. The topological polar surface area (TPSA) is 35.8 Å². The zero-order chi connectivity index (χ0) is 8.97. The Hall–Kier alpha value is -0.550. The molecule has 68 valence electrons. The first-order valence-corrected chi connectivity index (χ1v) is 4.84. The molecule has 1 fully saturated rings. The van der Waals surface area contributed by atoms with Crippen LogP contribution in [0.4, 0.5) is 0 Å². The summed E-state index contributed by atoms with van der Waals surface area (Å²) in [6, 6.07) is 2.72. The lowest BCUT2D eigenvalue weighted by molar-refractivity contribution is 0.233. The van der Waals surface area contributed by atoms with Crippen molar-refractivity contribution in [3.8, 4) is 6.07 Å². The van der Waals surface area contributed by atoms with Gasteiger partial charge in [0.2, 0.25) is 0 Å². The van der Waals surface area contributed by atoms with Crippen LogP contribution in [0.5, 0.6) is 0 Å². The zero-order valence-corrected chi connectivity index (χ0v) is 8.01. The van der Waals surface area contributed by atoms with Gasteiger partial charge in [0.15, 0.2) is 0 Å². The van der Waals surface area contributed by atoms with Crippen molar-refractivity contribution in [3.05, 3.63) is 0 Å². The summed E-state index contributed by atoms with van der Waals surface area (Å²) in [4.78, 5) is 0. The molecule has 1 N–H and O–H groups in total. The van der Waals surface area contributed by atoms with E-state index in [1.54, 1.807) is 0 Å². The van der Waals surface area contributed by atoms with Gasteiger partial charge in [-0.25, -0.2) is 0 Å². The molecule has 12 heavy (non-hydrogen) atoms. The minimum absolute atomic E-state index is 0.503. The molecule has 1 saturated carbocycles. The number of hydrogen-bond acceptors (Lipinski definition) is 2. The van der Waals surface area contributed by atoms with Crippen LogP contribution in [0, 0.1) is 23.2 Å². The van der Waals surface area contributed by atoms with E-state index in [1.165, 1.54) is 19.3 Å². The fourth-order valence-corrected chi connectivity index (χ4v) is 2.15. The van der Waals surface area contributed by atoms with Crippen LogP contribution in [-0.2, 0) is 0 Å². The van der Waals surface area contributed by atoms with Crippen LogP contribution in [0.2, 0.25) is 0 Å². The zero-order valence-electron chi connectivity index (χ0n) is 8.01. The van der Waals surface area contributed by atoms with Crippen molar-refractivity contribution >= 4 is 0 Å². The molecular formula is C10H18N2. The van der Waals surface area contributed by atoms with E-state index in [4.69, 9.17) is 5.26 Å². The maximum atomic E-state index is 8.42. The van der Waals surface area contributed by atoms with Gasteiger partial charge in [-0.3, -0.25) is 0 Å². The highest BCUT2D eigenvalue weighted by molar-refractivity contribution is 4.84. The summed E-state index contributed by atoms with van der Waals surface area (Å²) in [6.45, 7) is 5.10.